The molecule has 0 aromatic heterocycles. The third-order valence-electron chi connectivity index (χ3n) is 8.81. The molecule has 0 radical (unpaired) electrons. The van der Waals surface area contributed by atoms with Gasteiger partial charge in [-0.25, -0.2) is 17.9 Å². The van der Waals surface area contributed by atoms with Crippen molar-refractivity contribution in [3.63, 3.8) is 0 Å². The summed E-state index contributed by atoms with van der Waals surface area (Å²) >= 11 is 0. The van der Waals surface area contributed by atoms with Crippen LogP contribution in [0.1, 0.15) is 82.3 Å². The van der Waals surface area contributed by atoms with Gasteiger partial charge in [0.1, 0.15) is 40.1 Å². The lowest BCUT2D eigenvalue weighted by atomic mass is 9.68. The van der Waals surface area contributed by atoms with Gasteiger partial charge < -0.3 is 9.47 Å². The molecule has 0 aliphatic heterocycles. The minimum atomic E-state index is -6.02. The molecule has 0 bridgehead atoms. The average Bonchev–Trinajstić information content (AvgIpc) is 2.91. The molecule has 2 fully saturated rings. The van der Waals surface area contributed by atoms with E-state index in [0.29, 0.717) is 36.8 Å². The molecule has 2 saturated carbocycles. The van der Waals surface area contributed by atoms with E-state index in [0.717, 1.165) is 38.0 Å². The van der Waals surface area contributed by atoms with E-state index in [9.17, 15) is 43.9 Å². The smallest absolute Gasteiger partial charge is 0.432 e. The Morgan fingerprint density at radius 1 is 0.630 bits per heavy atom. The second-order valence-corrected chi connectivity index (χ2v) is 11.9. The van der Waals surface area contributed by atoms with E-state index < -0.39 is 70.7 Å². The summed E-state index contributed by atoms with van der Waals surface area (Å²) in [6.07, 6.45) is -11.8. The highest BCUT2D eigenvalue weighted by molar-refractivity contribution is 5.35. The standard InChI is InChI=1S/C31H32F12O3/c1-2-3-17-4-6-18(7-5-17)19-8-10-20(11-9-19)28(35,36)44-21-12-13-23(24(32)14-21)29(37,38)45-22-15-25(33)27(26(34)16-22)30(39,40)46-31(41,42)43/h12-20H,2-11H2,1H3. The fourth-order valence-electron chi connectivity index (χ4n) is 6.61. The third-order valence-corrected chi connectivity index (χ3v) is 8.81. The lowest BCUT2D eigenvalue weighted by molar-refractivity contribution is -0.432. The van der Waals surface area contributed by atoms with Gasteiger partial charge >= 0.3 is 24.7 Å². The van der Waals surface area contributed by atoms with Crippen molar-refractivity contribution < 1.29 is 66.9 Å². The molecule has 0 atom stereocenters. The number of rotatable bonds is 11. The highest BCUT2D eigenvalue weighted by Crippen LogP contribution is 2.47. The molecule has 2 aromatic carbocycles. The second kappa shape index (κ2) is 13.7. The fourth-order valence-corrected chi connectivity index (χ4v) is 6.61. The first-order chi connectivity index (χ1) is 21.3. The van der Waals surface area contributed by atoms with E-state index in [4.69, 9.17) is 4.74 Å². The van der Waals surface area contributed by atoms with E-state index >= 15 is 8.78 Å². The normalized spacial score (nSPS) is 23.3. The Balaban J connectivity index is 1.38. The summed E-state index contributed by atoms with van der Waals surface area (Å²) < 4.78 is 177. The van der Waals surface area contributed by atoms with Crippen LogP contribution in [0.25, 0.3) is 0 Å². The van der Waals surface area contributed by atoms with Crippen LogP contribution in [0.5, 0.6) is 11.5 Å². The van der Waals surface area contributed by atoms with Crippen molar-refractivity contribution >= 4 is 0 Å². The van der Waals surface area contributed by atoms with E-state index in [1.54, 1.807) is 0 Å². The summed E-state index contributed by atoms with van der Waals surface area (Å²) in [5.41, 5.74) is -4.15. The largest absolute Gasteiger partial charge is 0.527 e. The van der Waals surface area contributed by atoms with Gasteiger partial charge in [0.2, 0.25) is 0 Å². The summed E-state index contributed by atoms with van der Waals surface area (Å²) in [5, 5.41) is 0. The zero-order valence-electron chi connectivity index (χ0n) is 24.5. The SMILES string of the molecule is CCCC1CCC(C2CCC(C(F)(F)Oc3ccc(C(F)(F)Oc4cc(F)c(C(F)(F)OC(F)(F)F)c(F)c4)c(F)c3)CC2)CC1. The summed E-state index contributed by atoms with van der Waals surface area (Å²) in [4.78, 5) is 0. The molecule has 4 rings (SSSR count). The average molecular weight is 681 g/mol. The maximum atomic E-state index is 15.0. The van der Waals surface area contributed by atoms with Gasteiger partial charge in [0.05, 0.1) is 5.92 Å². The molecule has 0 unspecified atom stereocenters. The minimum absolute atomic E-state index is 0.166. The number of hydrogen-bond acceptors (Lipinski definition) is 3. The Bertz CT molecular complexity index is 1310. The first kappa shape index (κ1) is 36.0. The van der Waals surface area contributed by atoms with Gasteiger partial charge in [0.25, 0.3) is 0 Å². The first-order valence-corrected chi connectivity index (χ1v) is 14.9. The molecule has 258 valence electrons. The van der Waals surface area contributed by atoms with Crippen LogP contribution >= 0.6 is 0 Å². The van der Waals surface area contributed by atoms with Crippen molar-refractivity contribution in [3.8, 4) is 11.5 Å². The van der Waals surface area contributed by atoms with Crippen molar-refractivity contribution in [3.05, 3.63) is 58.9 Å². The van der Waals surface area contributed by atoms with Crippen LogP contribution in [0.2, 0.25) is 0 Å². The lowest BCUT2D eigenvalue weighted by Crippen LogP contribution is -2.38. The number of alkyl halides is 9. The van der Waals surface area contributed by atoms with Crippen molar-refractivity contribution in [1.82, 2.24) is 0 Å². The molecule has 0 spiro atoms. The van der Waals surface area contributed by atoms with Crippen molar-refractivity contribution in [2.45, 2.75) is 95.8 Å². The Morgan fingerprint density at radius 3 is 1.65 bits per heavy atom. The topological polar surface area (TPSA) is 27.7 Å². The van der Waals surface area contributed by atoms with Crippen molar-refractivity contribution in [2.75, 3.05) is 0 Å². The lowest BCUT2D eigenvalue weighted by Gasteiger charge is -2.39. The van der Waals surface area contributed by atoms with Crippen LogP contribution < -0.4 is 9.47 Å². The van der Waals surface area contributed by atoms with E-state index in [-0.39, 0.29) is 31.0 Å². The predicted molar refractivity (Wildman–Crippen MR) is 140 cm³/mol. The molecular formula is C31H32F12O3. The van der Waals surface area contributed by atoms with Crippen LogP contribution in [0.4, 0.5) is 52.7 Å². The van der Waals surface area contributed by atoms with Gasteiger partial charge in [-0.3, -0.25) is 0 Å². The van der Waals surface area contributed by atoms with Gasteiger partial charge in [-0.15, -0.1) is 13.2 Å². The zero-order valence-corrected chi connectivity index (χ0v) is 24.5. The highest BCUT2D eigenvalue weighted by Gasteiger charge is 2.50. The number of benzene rings is 2. The molecule has 0 heterocycles. The quantitative estimate of drug-likeness (QED) is 0.221. The Kier molecular flexibility index (Phi) is 10.7. The molecule has 3 nitrogen and oxygen atoms in total. The van der Waals surface area contributed by atoms with Gasteiger partial charge in [0.15, 0.2) is 0 Å². The van der Waals surface area contributed by atoms with E-state index in [1.165, 1.54) is 6.42 Å². The maximum absolute atomic E-state index is 15.0. The predicted octanol–water partition coefficient (Wildman–Crippen LogP) is 11.2. The molecule has 0 N–H and O–H groups in total. The van der Waals surface area contributed by atoms with Crippen LogP contribution in [0, 0.1) is 41.1 Å². The second-order valence-electron chi connectivity index (χ2n) is 11.9. The monoisotopic (exact) mass is 680 g/mol. The molecule has 2 aliphatic carbocycles. The van der Waals surface area contributed by atoms with Crippen molar-refractivity contribution in [2.24, 2.45) is 23.7 Å². The first-order valence-electron chi connectivity index (χ1n) is 14.9. The highest BCUT2D eigenvalue weighted by atomic mass is 19.4. The van der Waals surface area contributed by atoms with Crippen LogP contribution in [0.15, 0.2) is 30.3 Å². The van der Waals surface area contributed by atoms with Crippen LogP contribution in [-0.2, 0) is 17.0 Å². The number of ether oxygens (including phenoxy) is 3. The Labute approximate surface area is 257 Å². The summed E-state index contributed by atoms with van der Waals surface area (Å²) in [6.45, 7) is 2.15. The number of hydrogen-bond donors (Lipinski definition) is 0. The van der Waals surface area contributed by atoms with Gasteiger partial charge in [-0.2, -0.15) is 26.3 Å². The third kappa shape index (κ3) is 8.74. The zero-order chi connectivity index (χ0) is 34.1. The molecule has 2 aliphatic rings. The molecule has 2 aromatic rings. The number of halogens is 12. The van der Waals surface area contributed by atoms with Crippen LogP contribution in [0.3, 0.4) is 0 Å². The summed E-state index contributed by atoms with van der Waals surface area (Å²) in [5.74, 6) is -8.65. The molecule has 46 heavy (non-hydrogen) atoms. The molecular weight excluding hydrogens is 648 g/mol. The summed E-state index contributed by atoms with van der Waals surface area (Å²) in [7, 11) is 0. The maximum Gasteiger partial charge on any atom is 0.527 e. The van der Waals surface area contributed by atoms with Crippen molar-refractivity contribution in [1.29, 1.82) is 0 Å². The molecule has 0 amide bonds. The fraction of sp³-hybridized carbons (Fsp3) is 0.613. The van der Waals surface area contributed by atoms with Gasteiger partial charge in [-0.1, -0.05) is 32.6 Å². The molecule has 15 heteroatoms. The Hall–Kier alpha value is -2.84. The van der Waals surface area contributed by atoms with E-state index in [2.05, 4.69) is 16.4 Å². The van der Waals surface area contributed by atoms with Gasteiger partial charge in [-0.05, 0) is 68.4 Å². The minimum Gasteiger partial charge on any atom is -0.432 e. The Morgan fingerprint density at radius 2 is 1.15 bits per heavy atom. The van der Waals surface area contributed by atoms with Gasteiger partial charge in [0, 0.05) is 18.2 Å². The van der Waals surface area contributed by atoms with Crippen LogP contribution in [-0.4, -0.2) is 12.5 Å². The van der Waals surface area contributed by atoms with E-state index in [1.807, 2.05) is 0 Å². The molecule has 0 saturated heterocycles. The summed E-state index contributed by atoms with van der Waals surface area (Å²) in [6, 6.07) is 0.576.